The van der Waals surface area contributed by atoms with Crippen molar-refractivity contribution in [2.24, 2.45) is 0 Å². The Kier molecular flexibility index (Phi) is 4.56. The summed E-state index contributed by atoms with van der Waals surface area (Å²) in [5, 5.41) is 0.733. The third-order valence-corrected chi connectivity index (χ3v) is 6.02. The summed E-state index contributed by atoms with van der Waals surface area (Å²) in [5.41, 5.74) is 0. The highest BCUT2D eigenvalue weighted by Crippen LogP contribution is 2.11. The van der Waals surface area contributed by atoms with Gasteiger partial charge in [0.1, 0.15) is 0 Å². The van der Waals surface area contributed by atoms with Crippen LogP contribution in [0, 0.1) is 0 Å². The lowest BCUT2D eigenvalue weighted by Gasteiger charge is -2.23. The Hall–Kier alpha value is 0.487. The Morgan fingerprint density at radius 3 is 1.78 bits per heavy atom. The first-order chi connectivity index (χ1) is 4.24. The van der Waals surface area contributed by atoms with Gasteiger partial charge < -0.3 is 8.85 Å². The minimum atomic E-state index is -1.83. The maximum absolute atomic E-state index is 5.23. The second-order valence-electron chi connectivity index (χ2n) is 1.83. The quantitative estimate of drug-likeness (QED) is 0.500. The van der Waals surface area contributed by atoms with E-state index in [2.05, 4.69) is 19.6 Å². The summed E-state index contributed by atoms with van der Waals surface area (Å²) in [4.78, 5) is 0. The Balaban J connectivity index is 3.82. The molecule has 0 aromatic heterocycles. The number of rotatable bonds is 4. The van der Waals surface area contributed by atoms with Crippen molar-refractivity contribution < 1.29 is 8.85 Å². The molecule has 0 aliphatic carbocycles. The van der Waals surface area contributed by atoms with E-state index >= 15 is 0 Å². The second-order valence-corrected chi connectivity index (χ2v) is 6.44. The van der Waals surface area contributed by atoms with Crippen LogP contribution in [0.25, 0.3) is 0 Å². The van der Waals surface area contributed by atoms with E-state index in [9.17, 15) is 0 Å². The second kappa shape index (κ2) is 4.33. The van der Waals surface area contributed by atoms with Crippen molar-refractivity contribution in [3.63, 3.8) is 0 Å². The van der Waals surface area contributed by atoms with Crippen LogP contribution < -0.4 is 0 Å². The number of hydrogen-bond donors (Lipinski definition) is 1. The van der Waals surface area contributed by atoms with Crippen LogP contribution in [0.1, 0.15) is 6.92 Å². The minimum absolute atomic E-state index is 0.733. The summed E-state index contributed by atoms with van der Waals surface area (Å²) in [5.74, 6) is 0. The van der Waals surface area contributed by atoms with Crippen LogP contribution in [-0.2, 0) is 8.85 Å². The summed E-state index contributed by atoms with van der Waals surface area (Å²) in [6.45, 7) is 2.06. The summed E-state index contributed by atoms with van der Waals surface area (Å²) in [6.07, 6.45) is 0. The lowest BCUT2D eigenvalue weighted by molar-refractivity contribution is 0.250. The van der Waals surface area contributed by atoms with Gasteiger partial charge in [-0.25, -0.2) is 0 Å². The van der Waals surface area contributed by atoms with Crippen molar-refractivity contribution >= 4 is 21.2 Å². The summed E-state index contributed by atoms with van der Waals surface area (Å²) < 4.78 is 10.5. The zero-order valence-electron chi connectivity index (χ0n) is 6.18. The summed E-state index contributed by atoms with van der Waals surface area (Å²) >= 11 is 4.15. The van der Waals surface area contributed by atoms with Crippen LogP contribution >= 0.6 is 12.6 Å². The van der Waals surface area contributed by atoms with Crippen LogP contribution in [0.4, 0.5) is 0 Å². The molecule has 0 N–H and O–H groups in total. The minimum Gasteiger partial charge on any atom is -0.397 e. The predicted octanol–water partition coefficient (Wildman–Crippen LogP) is 1.21. The lowest BCUT2D eigenvalue weighted by atomic mass is 11.0. The van der Waals surface area contributed by atoms with Crippen LogP contribution in [0.5, 0.6) is 0 Å². The fraction of sp³-hybridized carbons (Fsp3) is 1.00. The van der Waals surface area contributed by atoms with Gasteiger partial charge in [-0.3, -0.25) is 0 Å². The normalized spacial score (nSPS) is 12.0. The molecule has 0 atom stereocenters. The Bertz CT molecular complexity index is 57.8. The highest BCUT2D eigenvalue weighted by molar-refractivity contribution is 7.82. The molecule has 0 spiro atoms. The molecule has 0 rings (SSSR count). The molecule has 0 heterocycles. The number of thiol groups is 1. The molecule has 2 nitrogen and oxygen atoms in total. The SMILES string of the molecule is CC[Si](CS)(OC)OC. The van der Waals surface area contributed by atoms with E-state index in [0.29, 0.717) is 0 Å². The van der Waals surface area contributed by atoms with E-state index in [1.807, 2.05) is 0 Å². The molecule has 0 amide bonds. The molecular weight excluding hydrogens is 152 g/mol. The zero-order chi connectivity index (χ0) is 7.33. The van der Waals surface area contributed by atoms with Gasteiger partial charge in [0.15, 0.2) is 0 Å². The summed E-state index contributed by atoms with van der Waals surface area (Å²) in [7, 11) is 1.55. The maximum Gasteiger partial charge on any atom is 0.347 e. The van der Waals surface area contributed by atoms with Gasteiger partial charge >= 0.3 is 8.56 Å². The predicted molar refractivity (Wildman–Crippen MR) is 44.1 cm³/mol. The van der Waals surface area contributed by atoms with E-state index in [4.69, 9.17) is 8.85 Å². The summed E-state index contributed by atoms with van der Waals surface area (Å²) in [6, 6.07) is 0.962. The lowest BCUT2D eigenvalue weighted by Crippen LogP contribution is -2.41. The number of hydrogen-bond acceptors (Lipinski definition) is 3. The topological polar surface area (TPSA) is 18.5 Å². The highest BCUT2D eigenvalue weighted by atomic mass is 32.1. The molecule has 0 radical (unpaired) electrons. The van der Waals surface area contributed by atoms with Crippen molar-refractivity contribution in [3.8, 4) is 0 Å². The Morgan fingerprint density at radius 2 is 1.78 bits per heavy atom. The molecule has 0 aromatic carbocycles. The zero-order valence-corrected chi connectivity index (χ0v) is 8.07. The Morgan fingerprint density at radius 1 is 1.33 bits per heavy atom. The molecule has 0 unspecified atom stereocenters. The molecule has 9 heavy (non-hydrogen) atoms. The van der Waals surface area contributed by atoms with E-state index in [0.717, 1.165) is 11.4 Å². The fourth-order valence-electron chi connectivity index (χ4n) is 0.613. The van der Waals surface area contributed by atoms with Crippen LogP contribution in [0.2, 0.25) is 6.04 Å². The van der Waals surface area contributed by atoms with E-state index in [1.165, 1.54) is 0 Å². The van der Waals surface area contributed by atoms with Gasteiger partial charge in [0.2, 0.25) is 0 Å². The van der Waals surface area contributed by atoms with Gasteiger partial charge in [0.25, 0.3) is 0 Å². The molecule has 0 aromatic rings. The molecule has 0 saturated carbocycles. The average Bonchev–Trinajstić information content (AvgIpc) is 1.95. The highest BCUT2D eigenvalue weighted by Gasteiger charge is 2.30. The van der Waals surface area contributed by atoms with Crippen molar-refractivity contribution in [2.45, 2.75) is 13.0 Å². The molecule has 0 bridgehead atoms. The molecular formula is C5H14O2SSi. The van der Waals surface area contributed by atoms with Crippen molar-refractivity contribution in [2.75, 3.05) is 19.6 Å². The Labute approximate surface area is 63.2 Å². The average molecular weight is 166 g/mol. The fourth-order valence-corrected chi connectivity index (χ4v) is 3.28. The van der Waals surface area contributed by atoms with Crippen LogP contribution in [0.3, 0.4) is 0 Å². The molecule has 0 saturated heterocycles. The first kappa shape index (κ1) is 9.49. The molecule has 0 aliphatic rings. The van der Waals surface area contributed by atoms with Crippen LogP contribution in [-0.4, -0.2) is 28.2 Å². The van der Waals surface area contributed by atoms with Gasteiger partial charge in [0.05, 0.1) is 0 Å². The molecule has 4 heteroatoms. The van der Waals surface area contributed by atoms with Gasteiger partial charge in [0, 0.05) is 19.6 Å². The van der Waals surface area contributed by atoms with Gasteiger partial charge in [-0.05, 0) is 6.04 Å². The van der Waals surface area contributed by atoms with E-state index < -0.39 is 8.56 Å². The van der Waals surface area contributed by atoms with Crippen molar-refractivity contribution in [1.29, 1.82) is 0 Å². The van der Waals surface area contributed by atoms with Gasteiger partial charge in [-0.15, -0.1) is 0 Å². The third-order valence-electron chi connectivity index (χ3n) is 1.52. The third kappa shape index (κ3) is 2.29. The van der Waals surface area contributed by atoms with Gasteiger partial charge in [-0.2, -0.15) is 12.6 Å². The largest absolute Gasteiger partial charge is 0.397 e. The monoisotopic (exact) mass is 166 g/mol. The van der Waals surface area contributed by atoms with E-state index in [-0.39, 0.29) is 0 Å². The first-order valence-corrected chi connectivity index (χ1v) is 5.82. The van der Waals surface area contributed by atoms with Crippen LogP contribution in [0.15, 0.2) is 0 Å². The van der Waals surface area contributed by atoms with Crippen molar-refractivity contribution in [1.82, 2.24) is 0 Å². The standard InChI is InChI=1S/C5H14O2SSi/c1-4-9(5-8,6-2)7-3/h8H,4-5H2,1-3H3. The maximum atomic E-state index is 5.23. The molecule has 0 fully saturated rings. The molecule has 56 valence electrons. The van der Waals surface area contributed by atoms with Crippen molar-refractivity contribution in [3.05, 3.63) is 0 Å². The van der Waals surface area contributed by atoms with E-state index in [1.54, 1.807) is 14.2 Å². The smallest absolute Gasteiger partial charge is 0.347 e. The first-order valence-electron chi connectivity index (χ1n) is 2.96. The van der Waals surface area contributed by atoms with Gasteiger partial charge in [-0.1, -0.05) is 6.92 Å². The molecule has 0 aliphatic heterocycles.